The lowest BCUT2D eigenvalue weighted by molar-refractivity contribution is 0.305. The number of rotatable bonds is 13. The monoisotopic (exact) mass is 455 g/mol. The van der Waals surface area contributed by atoms with Crippen molar-refractivity contribution in [3.63, 3.8) is 0 Å². The second-order valence-electron chi connectivity index (χ2n) is 7.67. The van der Waals surface area contributed by atoms with Crippen LogP contribution in [0, 0.1) is 5.92 Å². The Hall–Kier alpha value is -1.29. The molecule has 170 valence electrons. The van der Waals surface area contributed by atoms with E-state index in [0.29, 0.717) is 21.7 Å². The summed E-state index contributed by atoms with van der Waals surface area (Å²) in [5.41, 5.74) is 0.883. The molecule has 30 heavy (non-hydrogen) atoms. The first-order chi connectivity index (χ1) is 14.4. The SMILES string of the molecule is C=CC(C=CC(=C)N(C)CCNC)Oc1ccc(S(O)(O)NCC2CCCCC2)s1. The fourth-order valence-corrected chi connectivity index (χ4v) is 5.66. The summed E-state index contributed by atoms with van der Waals surface area (Å²) in [5.74, 6) is 0.523. The van der Waals surface area contributed by atoms with Crippen molar-refractivity contribution < 1.29 is 13.8 Å². The highest BCUT2D eigenvalue weighted by molar-refractivity contribution is 8.23. The lowest BCUT2D eigenvalue weighted by Gasteiger charge is -2.34. The number of ether oxygens (including phenoxy) is 1. The molecule has 0 amide bonds. The molecule has 1 fully saturated rings. The van der Waals surface area contributed by atoms with Gasteiger partial charge < -0.3 is 15.0 Å². The fraction of sp³-hybridized carbons (Fsp3) is 0.545. The van der Waals surface area contributed by atoms with Crippen LogP contribution in [0.25, 0.3) is 0 Å². The molecule has 0 aliphatic heterocycles. The van der Waals surface area contributed by atoms with Gasteiger partial charge in [0.1, 0.15) is 10.3 Å². The van der Waals surface area contributed by atoms with Crippen LogP contribution in [-0.2, 0) is 0 Å². The second kappa shape index (κ2) is 12.5. The minimum atomic E-state index is -3.01. The molecule has 1 aromatic heterocycles. The number of thiophene rings is 1. The predicted octanol–water partition coefficient (Wildman–Crippen LogP) is 5.10. The normalized spacial score (nSPS) is 17.1. The smallest absolute Gasteiger partial charge is 0.177 e. The molecule has 6 nitrogen and oxygen atoms in total. The van der Waals surface area contributed by atoms with E-state index < -0.39 is 10.8 Å². The van der Waals surface area contributed by atoms with Crippen LogP contribution >= 0.6 is 22.1 Å². The quantitative estimate of drug-likeness (QED) is 0.245. The van der Waals surface area contributed by atoms with Crippen LogP contribution in [0.4, 0.5) is 0 Å². The van der Waals surface area contributed by atoms with Crippen molar-refractivity contribution in [2.45, 2.75) is 42.4 Å². The molecule has 0 aromatic carbocycles. The molecule has 1 aromatic rings. The number of nitrogens with zero attached hydrogens (tertiary/aromatic N) is 1. The van der Waals surface area contributed by atoms with Crippen LogP contribution in [0.3, 0.4) is 0 Å². The number of likely N-dealkylation sites (N-methyl/N-ethyl adjacent to an activating group) is 2. The summed E-state index contributed by atoms with van der Waals surface area (Å²) < 4.78 is 30.5. The van der Waals surface area contributed by atoms with E-state index in [1.165, 1.54) is 30.6 Å². The molecule has 0 radical (unpaired) electrons. The molecule has 0 saturated heterocycles. The summed E-state index contributed by atoms with van der Waals surface area (Å²) in [6.07, 6.45) is 11.2. The van der Waals surface area contributed by atoms with Gasteiger partial charge in [0.25, 0.3) is 0 Å². The van der Waals surface area contributed by atoms with Gasteiger partial charge in [-0.15, -0.1) is 10.8 Å². The van der Waals surface area contributed by atoms with Crippen LogP contribution in [0.5, 0.6) is 5.06 Å². The third-order valence-corrected chi connectivity index (χ3v) is 8.27. The van der Waals surface area contributed by atoms with Crippen molar-refractivity contribution in [2.24, 2.45) is 5.92 Å². The minimum Gasteiger partial charge on any atom is -0.473 e. The summed E-state index contributed by atoms with van der Waals surface area (Å²) >= 11 is 1.25. The summed E-state index contributed by atoms with van der Waals surface area (Å²) in [5, 5.41) is 3.73. The van der Waals surface area contributed by atoms with E-state index in [1.807, 2.05) is 26.2 Å². The highest BCUT2D eigenvalue weighted by Gasteiger charge is 2.22. The van der Waals surface area contributed by atoms with Crippen molar-refractivity contribution in [1.82, 2.24) is 14.9 Å². The molecule has 8 heteroatoms. The van der Waals surface area contributed by atoms with Crippen molar-refractivity contribution in [3.8, 4) is 5.06 Å². The first-order valence-electron chi connectivity index (χ1n) is 10.5. The topological polar surface area (TPSA) is 77.0 Å². The Morgan fingerprint density at radius 2 is 2.10 bits per heavy atom. The van der Waals surface area contributed by atoms with Crippen LogP contribution in [0.15, 0.2) is 53.4 Å². The Balaban J connectivity index is 1.89. The molecule has 1 heterocycles. The highest BCUT2D eigenvalue weighted by atomic mass is 32.3. The molecule has 0 bridgehead atoms. The third-order valence-electron chi connectivity index (χ3n) is 5.29. The first-order valence-corrected chi connectivity index (χ1v) is 12.9. The average Bonchev–Trinajstić information content (AvgIpc) is 3.23. The summed E-state index contributed by atoms with van der Waals surface area (Å²) in [6, 6.07) is 3.49. The number of nitrogens with one attached hydrogen (secondary N) is 2. The van der Waals surface area contributed by atoms with E-state index in [4.69, 9.17) is 4.74 Å². The van der Waals surface area contributed by atoms with E-state index in [2.05, 4.69) is 28.1 Å². The first kappa shape index (κ1) is 25.0. The standard InChI is InChI=1S/C22H37N3O3S2/c1-5-20(12-11-18(2)25(4)16-15-23-3)28-21-13-14-22(29-21)30(26,27)24-17-19-9-7-6-8-10-19/h5,11-14,19-20,23-24,26-27H,1-2,6-10,15-17H2,3-4H3. The van der Waals surface area contributed by atoms with E-state index >= 15 is 0 Å². The predicted molar refractivity (Wildman–Crippen MR) is 129 cm³/mol. The molecule has 1 saturated carbocycles. The van der Waals surface area contributed by atoms with Gasteiger partial charge in [-0.2, -0.15) is 0 Å². The second-order valence-corrected chi connectivity index (χ2v) is 10.8. The molecule has 4 N–H and O–H groups in total. The zero-order valence-electron chi connectivity index (χ0n) is 18.2. The molecular formula is C22H37N3O3S2. The van der Waals surface area contributed by atoms with Gasteiger partial charge in [0.15, 0.2) is 5.06 Å². The summed E-state index contributed by atoms with van der Waals surface area (Å²) in [4.78, 5) is 2.06. The zero-order valence-corrected chi connectivity index (χ0v) is 19.8. The van der Waals surface area contributed by atoms with Crippen molar-refractivity contribution in [2.75, 3.05) is 33.7 Å². The van der Waals surface area contributed by atoms with Crippen molar-refractivity contribution in [1.29, 1.82) is 0 Å². The summed E-state index contributed by atoms with van der Waals surface area (Å²) in [7, 11) is 0.902. The molecule has 1 atom stereocenters. The van der Waals surface area contributed by atoms with Crippen molar-refractivity contribution in [3.05, 3.63) is 49.2 Å². The van der Waals surface area contributed by atoms with Gasteiger partial charge in [0, 0.05) is 32.4 Å². The van der Waals surface area contributed by atoms with Gasteiger partial charge in [-0.1, -0.05) is 43.8 Å². The molecule has 1 unspecified atom stereocenters. The lowest BCUT2D eigenvalue weighted by Crippen LogP contribution is -2.27. The van der Waals surface area contributed by atoms with E-state index in [0.717, 1.165) is 31.6 Å². The van der Waals surface area contributed by atoms with Crippen LogP contribution in [0.1, 0.15) is 32.1 Å². The molecule has 1 aliphatic rings. The van der Waals surface area contributed by atoms with Gasteiger partial charge >= 0.3 is 0 Å². The largest absolute Gasteiger partial charge is 0.473 e. The number of allylic oxidation sites excluding steroid dienone is 1. The average molecular weight is 456 g/mol. The van der Waals surface area contributed by atoms with Crippen molar-refractivity contribution >= 4 is 22.1 Å². The highest BCUT2D eigenvalue weighted by Crippen LogP contribution is 2.50. The number of hydrogen-bond acceptors (Lipinski definition) is 7. The van der Waals surface area contributed by atoms with Gasteiger partial charge in [0.05, 0.1) is 0 Å². The fourth-order valence-electron chi connectivity index (χ4n) is 3.27. The third kappa shape index (κ3) is 8.09. The minimum absolute atomic E-state index is 0.331. The summed E-state index contributed by atoms with van der Waals surface area (Å²) in [6.45, 7) is 10.3. The Morgan fingerprint density at radius 3 is 2.77 bits per heavy atom. The van der Waals surface area contributed by atoms with Crippen LogP contribution in [0.2, 0.25) is 0 Å². The Morgan fingerprint density at radius 1 is 1.37 bits per heavy atom. The zero-order chi connectivity index (χ0) is 22.0. The number of hydrogen-bond donors (Lipinski definition) is 4. The van der Waals surface area contributed by atoms with Gasteiger partial charge in [-0.05, 0) is 56.2 Å². The Bertz CT molecular complexity index is 700. The van der Waals surface area contributed by atoms with Gasteiger partial charge in [-0.3, -0.25) is 9.11 Å². The molecule has 0 spiro atoms. The Kier molecular flexibility index (Phi) is 10.4. The Labute approximate surface area is 187 Å². The van der Waals surface area contributed by atoms with Gasteiger partial charge in [-0.25, -0.2) is 4.72 Å². The van der Waals surface area contributed by atoms with Crippen LogP contribution < -0.4 is 14.8 Å². The molecule has 2 rings (SSSR count). The lowest BCUT2D eigenvalue weighted by atomic mass is 9.90. The van der Waals surface area contributed by atoms with Gasteiger partial charge in [0.2, 0.25) is 0 Å². The molecule has 1 aliphatic carbocycles. The molecular weight excluding hydrogens is 418 g/mol. The maximum absolute atomic E-state index is 10.6. The van der Waals surface area contributed by atoms with E-state index in [9.17, 15) is 9.11 Å². The maximum atomic E-state index is 10.6. The van der Waals surface area contributed by atoms with Crippen LogP contribution in [-0.4, -0.2) is 53.8 Å². The van der Waals surface area contributed by atoms with E-state index in [1.54, 1.807) is 18.2 Å². The van der Waals surface area contributed by atoms with E-state index in [-0.39, 0.29) is 6.10 Å². The maximum Gasteiger partial charge on any atom is 0.177 e.